The first-order valence-electron chi connectivity index (χ1n) is 10.8. The maximum atomic E-state index is 13.8. The van der Waals surface area contributed by atoms with Gasteiger partial charge in [0.25, 0.3) is 0 Å². The second kappa shape index (κ2) is 7.92. The van der Waals surface area contributed by atoms with Gasteiger partial charge in [-0.05, 0) is 62.7 Å². The summed E-state index contributed by atoms with van der Waals surface area (Å²) in [5, 5.41) is 6.15. The van der Waals surface area contributed by atoms with Crippen molar-refractivity contribution in [3.63, 3.8) is 0 Å². The number of amides is 3. The van der Waals surface area contributed by atoms with Gasteiger partial charge in [0.15, 0.2) is 0 Å². The summed E-state index contributed by atoms with van der Waals surface area (Å²) in [6.45, 7) is 5.79. The van der Waals surface area contributed by atoms with Crippen molar-refractivity contribution >= 4 is 39.2 Å². The lowest BCUT2D eigenvalue weighted by molar-refractivity contribution is -0.131. The fourth-order valence-corrected chi connectivity index (χ4v) is 5.14. The van der Waals surface area contributed by atoms with Crippen molar-refractivity contribution in [2.45, 2.75) is 32.5 Å². The van der Waals surface area contributed by atoms with Crippen molar-refractivity contribution in [2.75, 3.05) is 10.2 Å². The number of hydrogen-bond donors (Lipinski definition) is 2. The molecule has 0 aromatic heterocycles. The van der Waals surface area contributed by atoms with Gasteiger partial charge in [0, 0.05) is 21.4 Å². The standard InChI is InChI=1S/C26H24BrN3O3/c1-15-8-13-20(16(2)14-15)28-24(31)22-23-19-6-4-5-7-21(19)33-26(22,3)30(25(32)29-23)18-11-9-17(27)10-12-18/h4-14,22-23H,1-3H3,(H,28,31)(H,29,32). The number of para-hydroxylation sites is 1. The van der Waals surface area contributed by atoms with Gasteiger partial charge >= 0.3 is 6.03 Å². The number of nitrogens with zero attached hydrogens (tertiary/aromatic N) is 1. The van der Waals surface area contributed by atoms with Crippen molar-refractivity contribution in [1.29, 1.82) is 0 Å². The van der Waals surface area contributed by atoms with E-state index in [-0.39, 0.29) is 11.9 Å². The maximum Gasteiger partial charge on any atom is 0.325 e. The molecule has 168 valence electrons. The Morgan fingerprint density at radius 2 is 1.82 bits per heavy atom. The average Bonchev–Trinajstić information content (AvgIpc) is 2.76. The predicted molar refractivity (Wildman–Crippen MR) is 131 cm³/mol. The second-order valence-electron chi connectivity index (χ2n) is 8.72. The molecule has 0 radical (unpaired) electrons. The SMILES string of the molecule is Cc1ccc(NC(=O)C2C3NC(=O)N(c4ccc(Br)cc4)C2(C)Oc2ccccc23)c(C)c1. The molecule has 0 aliphatic carbocycles. The number of fused-ring (bicyclic) bond motifs is 4. The lowest BCUT2D eigenvalue weighted by atomic mass is 9.78. The van der Waals surface area contributed by atoms with Gasteiger partial charge in [0.05, 0.1) is 6.04 Å². The van der Waals surface area contributed by atoms with Crippen molar-refractivity contribution in [3.05, 3.63) is 87.9 Å². The zero-order valence-corrected chi connectivity index (χ0v) is 20.1. The van der Waals surface area contributed by atoms with Crippen LogP contribution in [0.2, 0.25) is 0 Å². The minimum atomic E-state index is -1.24. The summed E-state index contributed by atoms with van der Waals surface area (Å²) in [6, 6.07) is 20.0. The monoisotopic (exact) mass is 505 g/mol. The molecule has 3 aromatic carbocycles. The third kappa shape index (κ3) is 3.56. The molecule has 1 saturated heterocycles. The molecule has 1 fully saturated rings. The number of halogens is 1. The third-order valence-electron chi connectivity index (χ3n) is 6.41. The van der Waals surface area contributed by atoms with Gasteiger partial charge in [-0.15, -0.1) is 0 Å². The van der Waals surface area contributed by atoms with Crippen molar-refractivity contribution < 1.29 is 14.3 Å². The van der Waals surface area contributed by atoms with Gasteiger partial charge in [-0.1, -0.05) is 51.8 Å². The summed E-state index contributed by atoms with van der Waals surface area (Å²) in [5.41, 5.74) is 3.03. The van der Waals surface area contributed by atoms with Gasteiger partial charge in [0.1, 0.15) is 11.7 Å². The molecule has 2 aliphatic heterocycles. The van der Waals surface area contributed by atoms with Gasteiger partial charge < -0.3 is 15.4 Å². The van der Waals surface area contributed by atoms with Crippen LogP contribution in [0.1, 0.15) is 29.7 Å². The number of benzene rings is 3. The Morgan fingerprint density at radius 3 is 2.55 bits per heavy atom. The number of rotatable bonds is 3. The number of aryl methyl sites for hydroxylation is 2. The maximum absolute atomic E-state index is 13.8. The number of anilines is 2. The summed E-state index contributed by atoms with van der Waals surface area (Å²) in [6.07, 6.45) is 0. The lowest BCUT2D eigenvalue weighted by Crippen LogP contribution is -2.72. The van der Waals surface area contributed by atoms with E-state index in [0.29, 0.717) is 11.4 Å². The molecule has 7 heteroatoms. The summed E-state index contributed by atoms with van der Waals surface area (Å²) < 4.78 is 7.37. The molecule has 5 rings (SSSR count). The van der Waals surface area contributed by atoms with Crippen LogP contribution in [0.25, 0.3) is 0 Å². The minimum absolute atomic E-state index is 0.217. The molecule has 33 heavy (non-hydrogen) atoms. The third-order valence-corrected chi connectivity index (χ3v) is 6.94. The molecule has 3 unspecified atom stereocenters. The smallest absolute Gasteiger partial charge is 0.325 e. The molecule has 0 saturated carbocycles. The Hall–Kier alpha value is -3.32. The first kappa shape index (κ1) is 21.5. The molecule has 6 nitrogen and oxygen atoms in total. The molecule has 3 aromatic rings. The van der Waals surface area contributed by atoms with Crippen molar-refractivity contribution in [3.8, 4) is 5.75 Å². The van der Waals surface area contributed by atoms with Crippen molar-refractivity contribution in [2.24, 2.45) is 5.92 Å². The molecule has 2 bridgehead atoms. The topological polar surface area (TPSA) is 70.7 Å². The number of ether oxygens (including phenoxy) is 1. The number of urea groups is 1. The zero-order chi connectivity index (χ0) is 23.3. The highest BCUT2D eigenvalue weighted by molar-refractivity contribution is 9.10. The number of hydrogen-bond acceptors (Lipinski definition) is 3. The van der Waals surface area contributed by atoms with E-state index in [1.54, 1.807) is 0 Å². The van der Waals surface area contributed by atoms with Crippen LogP contribution >= 0.6 is 15.9 Å². The first-order valence-corrected chi connectivity index (χ1v) is 11.6. The highest BCUT2D eigenvalue weighted by Gasteiger charge is 2.60. The number of nitrogens with one attached hydrogen (secondary N) is 2. The van der Waals surface area contributed by atoms with Crippen LogP contribution in [0, 0.1) is 19.8 Å². The van der Waals surface area contributed by atoms with E-state index in [1.165, 1.54) is 4.90 Å². The summed E-state index contributed by atoms with van der Waals surface area (Å²) >= 11 is 3.44. The fraction of sp³-hybridized carbons (Fsp3) is 0.231. The van der Waals surface area contributed by atoms with E-state index in [2.05, 4.69) is 26.6 Å². The Kier molecular flexibility index (Phi) is 5.16. The highest BCUT2D eigenvalue weighted by Crippen LogP contribution is 2.49. The van der Waals surface area contributed by atoms with Crippen LogP contribution in [0.3, 0.4) is 0 Å². The van der Waals surface area contributed by atoms with Gasteiger partial charge in [0.2, 0.25) is 11.6 Å². The number of carbonyl (C=O) groups is 2. The van der Waals surface area contributed by atoms with Gasteiger partial charge in [-0.3, -0.25) is 9.69 Å². The fourth-order valence-electron chi connectivity index (χ4n) is 4.87. The van der Waals surface area contributed by atoms with E-state index in [0.717, 1.165) is 26.9 Å². The van der Waals surface area contributed by atoms with Crippen molar-refractivity contribution in [1.82, 2.24) is 5.32 Å². The Bertz CT molecular complexity index is 1260. The van der Waals surface area contributed by atoms with Gasteiger partial charge in [-0.25, -0.2) is 4.79 Å². The minimum Gasteiger partial charge on any atom is -0.466 e. The molecular weight excluding hydrogens is 482 g/mol. The van der Waals surface area contributed by atoms with Gasteiger partial charge in [-0.2, -0.15) is 0 Å². The normalized spacial score (nSPS) is 23.3. The van der Waals surface area contributed by atoms with Crippen LogP contribution in [-0.2, 0) is 4.79 Å². The van der Waals surface area contributed by atoms with E-state index in [1.807, 2.05) is 87.5 Å². The van der Waals surface area contributed by atoms with E-state index in [9.17, 15) is 9.59 Å². The Morgan fingerprint density at radius 1 is 1.09 bits per heavy atom. The highest BCUT2D eigenvalue weighted by atomic mass is 79.9. The molecule has 2 N–H and O–H groups in total. The molecule has 0 spiro atoms. The molecule has 3 atom stereocenters. The quantitative estimate of drug-likeness (QED) is 0.479. The van der Waals surface area contributed by atoms with E-state index in [4.69, 9.17) is 4.74 Å². The van der Waals surface area contributed by atoms with E-state index >= 15 is 0 Å². The summed E-state index contributed by atoms with van der Waals surface area (Å²) in [4.78, 5) is 28.7. The lowest BCUT2D eigenvalue weighted by Gasteiger charge is -2.54. The largest absolute Gasteiger partial charge is 0.466 e. The molecule has 3 amide bonds. The summed E-state index contributed by atoms with van der Waals surface area (Å²) in [5.74, 6) is -0.261. The molecular formula is C26H24BrN3O3. The molecule has 2 heterocycles. The zero-order valence-electron chi connectivity index (χ0n) is 18.6. The van der Waals surface area contributed by atoms with Crippen LogP contribution in [0.4, 0.5) is 16.2 Å². The summed E-state index contributed by atoms with van der Waals surface area (Å²) in [7, 11) is 0. The number of carbonyl (C=O) groups excluding carboxylic acids is 2. The average molecular weight is 506 g/mol. The second-order valence-corrected chi connectivity index (χ2v) is 9.63. The van der Waals surface area contributed by atoms with Crippen LogP contribution in [-0.4, -0.2) is 17.7 Å². The molecule has 2 aliphatic rings. The van der Waals surface area contributed by atoms with E-state index < -0.39 is 17.7 Å². The van der Waals surface area contributed by atoms with Crippen LogP contribution in [0.5, 0.6) is 5.75 Å². The Labute approximate surface area is 201 Å². The Balaban J connectivity index is 1.61. The first-order chi connectivity index (χ1) is 15.8. The van der Waals surface area contributed by atoms with Crippen LogP contribution < -0.4 is 20.3 Å². The predicted octanol–water partition coefficient (Wildman–Crippen LogP) is 5.70. The van der Waals surface area contributed by atoms with Crippen LogP contribution in [0.15, 0.2) is 71.2 Å².